The van der Waals surface area contributed by atoms with Crippen molar-refractivity contribution in [3.8, 4) is 11.5 Å². The number of hydrogen-bond acceptors (Lipinski definition) is 6. The summed E-state index contributed by atoms with van der Waals surface area (Å²) in [6.45, 7) is 3.53. The molecule has 0 saturated heterocycles. The van der Waals surface area contributed by atoms with Crippen molar-refractivity contribution in [2.24, 2.45) is 5.92 Å². The van der Waals surface area contributed by atoms with E-state index in [0.29, 0.717) is 23.5 Å². The second kappa shape index (κ2) is 11.2. The van der Waals surface area contributed by atoms with E-state index >= 15 is 0 Å². The highest BCUT2D eigenvalue weighted by Gasteiger charge is 2.25. The third-order valence-electron chi connectivity index (χ3n) is 4.32. The van der Waals surface area contributed by atoms with Crippen LogP contribution in [0.1, 0.15) is 25.8 Å². The first-order chi connectivity index (χ1) is 12.9. The molecule has 0 bridgehead atoms. The second-order valence-corrected chi connectivity index (χ2v) is 6.10. The van der Waals surface area contributed by atoms with Gasteiger partial charge in [0.1, 0.15) is 11.5 Å². The van der Waals surface area contributed by atoms with E-state index in [1.807, 2.05) is 6.92 Å². The molecule has 1 aromatic carbocycles. The Morgan fingerprint density at radius 2 is 1.93 bits per heavy atom. The number of esters is 1. The molecule has 0 saturated carbocycles. The van der Waals surface area contributed by atoms with Crippen molar-refractivity contribution in [2.75, 3.05) is 34.5 Å². The molecule has 1 amide bonds. The zero-order valence-corrected chi connectivity index (χ0v) is 16.6. The molecule has 0 radical (unpaired) electrons. The lowest BCUT2D eigenvalue weighted by molar-refractivity contribution is -0.146. The molecule has 7 nitrogen and oxygen atoms in total. The number of nitrogens with zero attached hydrogens (tertiary/aromatic N) is 1. The summed E-state index contributed by atoms with van der Waals surface area (Å²) in [5, 5.41) is 9.62. The Morgan fingerprint density at radius 3 is 2.44 bits per heavy atom. The van der Waals surface area contributed by atoms with Gasteiger partial charge in [-0.15, -0.1) is 0 Å². The van der Waals surface area contributed by atoms with Crippen molar-refractivity contribution >= 4 is 18.0 Å². The summed E-state index contributed by atoms with van der Waals surface area (Å²) in [6.07, 6.45) is 3.59. The zero-order valence-electron chi connectivity index (χ0n) is 16.6. The molecule has 0 aliphatic rings. The van der Waals surface area contributed by atoms with Crippen LogP contribution in [0.25, 0.3) is 6.08 Å². The van der Waals surface area contributed by atoms with Crippen LogP contribution in [0.5, 0.6) is 11.5 Å². The van der Waals surface area contributed by atoms with Crippen LogP contribution in [-0.4, -0.2) is 62.4 Å². The summed E-state index contributed by atoms with van der Waals surface area (Å²) in [5.74, 6) is 0.0271. The number of methoxy groups -OCH3 is 3. The summed E-state index contributed by atoms with van der Waals surface area (Å²) in [6, 6.07) is 4.89. The summed E-state index contributed by atoms with van der Waals surface area (Å²) < 4.78 is 15.2. The van der Waals surface area contributed by atoms with Gasteiger partial charge in [0, 0.05) is 18.2 Å². The third-order valence-corrected chi connectivity index (χ3v) is 4.32. The van der Waals surface area contributed by atoms with Gasteiger partial charge in [0.2, 0.25) is 5.91 Å². The SMILES string of the molecule is CCC(CO)N(CC(C)C(=O)OC)C(=O)/C=C/c1cc(OC)ccc1OC. The fourth-order valence-corrected chi connectivity index (χ4v) is 2.66. The molecule has 2 atom stereocenters. The third kappa shape index (κ3) is 6.29. The van der Waals surface area contributed by atoms with E-state index in [-0.39, 0.29) is 25.1 Å². The van der Waals surface area contributed by atoms with E-state index in [2.05, 4.69) is 0 Å². The molecule has 1 aromatic rings. The molecule has 2 unspecified atom stereocenters. The van der Waals surface area contributed by atoms with Crippen LogP contribution in [0.15, 0.2) is 24.3 Å². The predicted molar refractivity (Wildman–Crippen MR) is 103 cm³/mol. The van der Waals surface area contributed by atoms with Gasteiger partial charge in [-0.2, -0.15) is 0 Å². The summed E-state index contributed by atoms with van der Waals surface area (Å²) in [4.78, 5) is 26.0. The highest BCUT2D eigenvalue weighted by Crippen LogP contribution is 2.25. The molecular formula is C20H29NO6. The van der Waals surface area contributed by atoms with Crippen LogP contribution in [0.4, 0.5) is 0 Å². The molecule has 150 valence electrons. The average molecular weight is 379 g/mol. The van der Waals surface area contributed by atoms with Crippen molar-refractivity contribution in [3.05, 3.63) is 29.8 Å². The van der Waals surface area contributed by atoms with E-state index in [4.69, 9.17) is 14.2 Å². The molecule has 7 heteroatoms. The van der Waals surface area contributed by atoms with Crippen LogP contribution in [0.2, 0.25) is 0 Å². The van der Waals surface area contributed by atoms with Crippen LogP contribution >= 0.6 is 0 Å². The summed E-state index contributed by atoms with van der Waals surface area (Å²) >= 11 is 0. The Balaban J connectivity index is 3.08. The van der Waals surface area contributed by atoms with Crippen LogP contribution in [0, 0.1) is 5.92 Å². The molecule has 27 heavy (non-hydrogen) atoms. The van der Waals surface area contributed by atoms with Gasteiger partial charge < -0.3 is 24.2 Å². The fraction of sp³-hybridized carbons (Fsp3) is 0.500. The molecule has 0 heterocycles. The van der Waals surface area contributed by atoms with E-state index < -0.39 is 11.9 Å². The van der Waals surface area contributed by atoms with Gasteiger partial charge in [-0.1, -0.05) is 13.8 Å². The molecule has 1 rings (SSSR count). The van der Waals surface area contributed by atoms with E-state index in [9.17, 15) is 14.7 Å². The number of rotatable bonds is 10. The van der Waals surface area contributed by atoms with Crippen molar-refractivity contribution in [1.82, 2.24) is 4.90 Å². The molecule has 0 aromatic heterocycles. The molecule has 0 aliphatic carbocycles. The highest BCUT2D eigenvalue weighted by atomic mass is 16.5. The van der Waals surface area contributed by atoms with E-state index in [1.54, 1.807) is 45.4 Å². The predicted octanol–water partition coefficient (Wildman–Crippen LogP) is 2.13. The molecule has 0 aliphatic heterocycles. The van der Waals surface area contributed by atoms with Gasteiger partial charge in [-0.3, -0.25) is 9.59 Å². The van der Waals surface area contributed by atoms with Gasteiger partial charge in [0.05, 0.1) is 39.9 Å². The van der Waals surface area contributed by atoms with Gasteiger partial charge >= 0.3 is 5.97 Å². The maximum atomic E-state index is 12.8. The Kier molecular flexibility index (Phi) is 9.36. The van der Waals surface area contributed by atoms with Crippen LogP contribution < -0.4 is 9.47 Å². The Labute approximate surface area is 160 Å². The Bertz CT molecular complexity index is 654. The number of carbonyl (C=O) groups is 2. The van der Waals surface area contributed by atoms with Gasteiger partial charge in [-0.25, -0.2) is 0 Å². The summed E-state index contributed by atoms with van der Waals surface area (Å²) in [5.41, 5.74) is 0.684. The standard InChI is InChI=1S/C20H29NO6/c1-6-16(13-22)21(12-14(2)20(24)27-5)19(23)10-7-15-11-17(25-3)8-9-18(15)26-4/h7-11,14,16,22H,6,12-13H2,1-5H3/b10-7+. The average Bonchev–Trinajstić information content (AvgIpc) is 2.70. The molecule has 1 N–H and O–H groups in total. The second-order valence-electron chi connectivity index (χ2n) is 6.10. The lowest BCUT2D eigenvalue weighted by Crippen LogP contribution is -2.45. The lowest BCUT2D eigenvalue weighted by atomic mass is 10.1. The molecule has 0 fully saturated rings. The number of amides is 1. The van der Waals surface area contributed by atoms with Crippen molar-refractivity contribution in [3.63, 3.8) is 0 Å². The number of aliphatic hydroxyl groups is 1. The zero-order chi connectivity index (χ0) is 20.4. The Hall–Kier alpha value is -2.54. The highest BCUT2D eigenvalue weighted by molar-refractivity contribution is 5.92. The van der Waals surface area contributed by atoms with Gasteiger partial charge in [-0.05, 0) is 30.7 Å². The smallest absolute Gasteiger partial charge is 0.310 e. The number of aliphatic hydroxyl groups excluding tert-OH is 1. The number of benzene rings is 1. The number of carbonyl (C=O) groups excluding carboxylic acids is 2. The quantitative estimate of drug-likeness (QED) is 0.495. The van der Waals surface area contributed by atoms with Crippen molar-refractivity contribution in [2.45, 2.75) is 26.3 Å². The van der Waals surface area contributed by atoms with E-state index in [1.165, 1.54) is 18.1 Å². The first-order valence-corrected chi connectivity index (χ1v) is 8.81. The number of ether oxygens (including phenoxy) is 3. The Morgan fingerprint density at radius 1 is 1.22 bits per heavy atom. The molecule has 0 spiro atoms. The largest absolute Gasteiger partial charge is 0.497 e. The summed E-state index contributed by atoms with van der Waals surface area (Å²) in [7, 11) is 4.41. The van der Waals surface area contributed by atoms with Gasteiger partial charge in [0.25, 0.3) is 0 Å². The monoisotopic (exact) mass is 379 g/mol. The first kappa shape index (κ1) is 22.5. The van der Waals surface area contributed by atoms with Crippen LogP contribution in [-0.2, 0) is 14.3 Å². The van der Waals surface area contributed by atoms with Crippen molar-refractivity contribution in [1.29, 1.82) is 0 Å². The van der Waals surface area contributed by atoms with Gasteiger partial charge in [0.15, 0.2) is 0 Å². The first-order valence-electron chi connectivity index (χ1n) is 8.81. The maximum Gasteiger partial charge on any atom is 0.310 e. The van der Waals surface area contributed by atoms with Crippen LogP contribution in [0.3, 0.4) is 0 Å². The topological polar surface area (TPSA) is 85.3 Å². The minimum atomic E-state index is -0.501. The molecular weight excluding hydrogens is 350 g/mol. The fourth-order valence-electron chi connectivity index (χ4n) is 2.66. The maximum absolute atomic E-state index is 12.8. The number of hydrogen-bond donors (Lipinski definition) is 1. The minimum absolute atomic E-state index is 0.157. The van der Waals surface area contributed by atoms with E-state index in [0.717, 1.165) is 0 Å². The van der Waals surface area contributed by atoms with Crippen molar-refractivity contribution < 1.29 is 28.9 Å². The normalized spacial score (nSPS) is 13.1. The minimum Gasteiger partial charge on any atom is -0.497 e. The lowest BCUT2D eigenvalue weighted by Gasteiger charge is -2.30.